The zero-order chi connectivity index (χ0) is 32.8. The third-order valence-corrected chi connectivity index (χ3v) is 8.30. The number of rotatable bonds is 8. The van der Waals surface area contributed by atoms with Crippen molar-refractivity contribution >= 4 is 20.2 Å². The van der Waals surface area contributed by atoms with Crippen LogP contribution in [0, 0.1) is 0 Å². The quantitative estimate of drug-likeness (QED) is 0.202. The minimum atomic E-state index is -4.00. The van der Waals surface area contributed by atoms with Crippen molar-refractivity contribution in [2.45, 2.75) is 40.6 Å². The molecule has 5 rings (SSSR count). The Kier molecular flexibility index (Phi) is 13.8. The monoisotopic (exact) mass is 658 g/mol. The van der Waals surface area contributed by atoms with Gasteiger partial charge in [-0.05, 0) is 35.4 Å². The minimum absolute atomic E-state index is 0.0741. The van der Waals surface area contributed by atoms with E-state index in [4.69, 9.17) is 34.8 Å². The van der Waals surface area contributed by atoms with Crippen LogP contribution >= 0.6 is 0 Å². The van der Waals surface area contributed by atoms with Crippen LogP contribution in [0.3, 0.4) is 0 Å². The Hall–Kier alpha value is -3.50. The van der Waals surface area contributed by atoms with E-state index in [2.05, 4.69) is 24.3 Å². The van der Waals surface area contributed by atoms with Crippen molar-refractivity contribution in [3.05, 3.63) is 132 Å². The summed E-state index contributed by atoms with van der Waals surface area (Å²) in [5, 5.41) is 0. The average Bonchev–Trinajstić information content (AvgIpc) is 3.21. The number of hydrogen-bond donors (Lipinski definition) is 4. The normalized spacial score (nSPS) is 17.9. The average molecular weight is 659 g/mol. The summed E-state index contributed by atoms with van der Waals surface area (Å²) in [4.78, 5) is -0.148. The van der Waals surface area contributed by atoms with E-state index in [1.165, 1.54) is 24.3 Å². The summed E-state index contributed by atoms with van der Waals surface area (Å²) < 4.78 is 76.7. The lowest BCUT2D eigenvalue weighted by molar-refractivity contribution is -0.252. The zero-order valence-corrected chi connectivity index (χ0v) is 26.1. The van der Waals surface area contributed by atoms with Crippen molar-refractivity contribution in [3.63, 3.8) is 0 Å². The largest absolute Gasteiger partial charge is 0.348 e. The molecule has 1 saturated heterocycles. The Bertz CT molecular complexity index is 1520. The van der Waals surface area contributed by atoms with Crippen LogP contribution in [0.1, 0.15) is 11.1 Å². The molecule has 242 valence electrons. The predicted octanol–water partition coefficient (Wildman–Crippen LogP) is 3.71. The SMILES string of the molecule is NCC1OCOC(Cc2ccccc2)(Cc2ccccc2)OC1CN.O=S(=O)(O)c1ccccc1.O=S(=O)(O)c1ccccc1. The summed E-state index contributed by atoms with van der Waals surface area (Å²) >= 11 is 0. The molecule has 0 spiro atoms. The first kappa shape index (κ1) is 36.0. The van der Waals surface area contributed by atoms with Crippen LogP contribution in [0.2, 0.25) is 0 Å². The molecule has 4 aromatic carbocycles. The second kappa shape index (κ2) is 17.3. The van der Waals surface area contributed by atoms with Crippen LogP contribution in [0.25, 0.3) is 0 Å². The van der Waals surface area contributed by atoms with Crippen LogP contribution in [0.4, 0.5) is 0 Å². The Morgan fingerprint density at radius 3 is 1.27 bits per heavy atom. The van der Waals surface area contributed by atoms with Crippen LogP contribution in [-0.4, -0.2) is 63.8 Å². The topological polar surface area (TPSA) is 188 Å². The molecule has 2 unspecified atom stereocenters. The van der Waals surface area contributed by atoms with Gasteiger partial charge in [-0.2, -0.15) is 16.8 Å². The maximum Gasteiger partial charge on any atom is 0.294 e. The first-order valence-electron chi connectivity index (χ1n) is 13.9. The Labute approximate surface area is 264 Å². The highest BCUT2D eigenvalue weighted by molar-refractivity contribution is 7.86. The van der Waals surface area contributed by atoms with Crippen molar-refractivity contribution in [1.82, 2.24) is 0 Å². The van der Waals surface area contributed by atoms with E-state index in [1.54, 1.807) is 36.4 Å². The van der Waals surface area contributed by atoms with Gasteiger partial charge in [0.05, 0.1) is 9.79 Å². The van der Waals surface area contributed by atoms with E-state index in [-0.39, 0.29) is 28.8 Å². The van der Waals surface area contributed by atoms with Crippen molar-refractivity contribution in [2.24, 2.45) is 11.5 Å². The molecule has 0 radical (unpaired) electrons. The third kappa shape index (κ3) is 12.1. The lowest BCUT2D eigenvalue weighted by atomic mass is 9.97. The van der Waals surface area contributed by atoms with Gasteiger partial charge in [-0.15, -0.1) is 0 Å². The second-order valence-electron chi connectivity index (χ2n) is 9.91. The van der Waals surface area contributed by atoms with Gasteiger partial charge in [-0.25, -0.2) is 0 Å². The van der Waals surface area contributed by atoms with E-state index >= 15 is 0 Å². The first-order valence-corrected chi connectivity index (χ1v) is 16.8. The van der Waals surface area contributed by atoms with Gasteiger partial charge in [0.15, 0.2) is 12.6 Å². The Morgan fingerprint density at radius 2 is 0.956 bits per heavy atom. The van der Waals surface area contributed by atoms with Gasteiger partial charge in [0.25, 0.3) is 20.2 Å². The standard InChI is InChI=1S/C20H26N2O3.2C6H6O3S/c21-13-18-19(14-22)25-20(24-15-23-18,11-16-7-3-1-4-8-16)12-17-9-5-2-6-10-17;2*7-10(8,9)6-4-2-1-3-5-6/h1-10,18-19H,11-15,21-22H2;2*1-5H,(H,7,8,9). The zero-order valence-electron chi connectivity index (χ0n) is 24.5. The lowest BCUT2D eigenvalue weighted by Crippen LogP contribution is -2.48. The Balaban J connectivity index is 0.000000226. The van der Waals surface area contributed by atoms with Gasteiger partial charge in [0.1, 0.15) is 12.2 Å². The summed E-state index contributed by atoms with van der Waals surface area (Å²) in [6.07, 6.45) is 0.651. The minimum Gasteiger partial charge on any atom is -0.348 e. The van der Waals surface area contributed by atoms with Crippen LogP contribution < -0.4 is 11.5 Å². The summed E-state index contributed by atoms with van der Waals surface area (Å²) in [6.45, 7) is 0.812. The number of nitrogens with two attached hydrogens (primary N) is 2. The molecule has 4 aromatic rings. The third-order valence-electron chi connectivity index (χ3n) is 6.56. The van der Waals surface area contributed by atoms with Crippen LogP contribution in [0.15, 0.2) is 131 Å². The number of hydrogen-bond acceptors (Lipinski definition) is 9. The lowest BCUT2D eigenvalue weighted by Gasteiger charge is -2.35. The molecule has 13 heteroatoms. The smallest absolute Gasteiger partial charge is 0.294 e. The first-order chi connectivity index (χ1) is 21.5. The molecule has 0 saturated carbocycles. The predicted molar refractivity (Wildman–Crippen MR) is 169 cm³/mol. The molecule has 11 nitrogen and oxygen atoms in total. The van der Waals surface area contributed by atoms with Crippen molar-refractivity contribution in [1.29, 1.82) is 0 Å². The molecule has 45 heavy (non-hydrogen) atoms. The summed E-state index contributed by atoms with van der Waals surface area (Å²) in [5.41, 5.74) is 14.0. The van der Waals surface area contributed by atoms with E-state index in [0.717, 1.165) is 11.1 Å². The van der Waals surface area contributed by atoms with Crippen molar-refractivity contribution < 1.29 is 40.2 Å². The molecule has 2 atom stereocenters. The van der Waals surface area contributed by atoms with Gasteiger partial charge in [-0.1, -0.05) is 97.1 Å². The van der Waals surface area contributed by atoms with E-state index in [9.17, 15) is 16.8 Å². The van der Waals surface area contributed by atoms with E-state index < -0.39 is 26.0 Å². The number of ether oxygens (including phenoxy) is 3. The molecule has 0 aliphatic carbocycles. The fourth-order valence-corrected chi connectivity index (χ4v) is 5.39. The highest BCUT2D eigenvalue weighted by Crippen LogP contribution is 2.30. The molecular formula is C32H38N2O9S2. The fraction of sp³-hybridized carbons (Fsp3) is 0.250. The fourth-order valence-electron chi connectivity index (χ4n) is 4.39. The van der Waals surface area contributed by atoms with E-state index in [0.29, 0.717) is 25.9 Å². The summed E-state index contributed by atoms with van der Waals surface area (Å²) in [6, 6.07) is 35.2. The van der Waals surface area contributed by atoms with Gasteiger partial charge in [0, 0.05) is 25.9 Å². The molecule has 0 amide bonds. The van der Waals surface area contributed by atoms with Gasteiger partial charge < -0.3 is 25.7 Å². The summed E-state index contributed by atoms with van der Waals surface area (Å²) in [7, 11) is -8.01. The van der Waals surface area contributed by atoms with E-state index in [1.807, 2.05) is 36.4 Å². The van der Waals surface area contributed by atoms with Gasteiger partial charge in [-0.3, -0.25) is 9.11 Å². The maximum absolute atomic E-state index is 10.4. The van der Waals surface area contributed by atoms with Gasteiger partial charge >= 0.3 is 0 Å². The van der Waals surface area contributed by atoms with Crippen molar-refractivity contribution in [3.8, 4) is 0 Å². The molecule has 1 aliphatic rings. The number of benzene rings is 4. The molecular weight excluding hydrogens is 620 g/mol. The molecule has 6 N–H and O–H groups in total. The van der Waals surface area contributed by atoms with Crippen molar-refractivity contribution in [2.75, 3.05) is 19.9 Å². The molecule has 0 bridgehead atoms. The molecule has 0 aromatic heterocycles. The highest BCUT2D eigenvalue weighted by atomic mass is 32.2. The van der Waals surface area contributed by atoms with Crippen LogP contribution in [-0.2, 0) is 47.3 Å². The van der Waals surface area contributed by atoms with Gasteiger partial charge in [0.2, 0.25) is 0 Å². The molecule has 1 aliphatic heterocycles. The maximum atomic E-state index is 10.4. The highest BCUT2D eigenvalue weighted by Gasteiger charge is 2.40. The van der Waals surface area contributed by atoms with Crippen LogP contribution in [0.5, 0.6) is 0 Å². The molecule has 1 fully saturated rings. The Morgan fingerprint density at radius 1 is 0.600 bits per heavy atom. The second-order valence-corrected chi connectivity index (χ2v) is 12.7. The molecule has 1 heterocycles. The summed E-state index contributed by atoms with van der Waals surface area (Å²) in [5.74, 6) is -0.837.